The lowest BCUT2D eigenvalue weighted by molar-refractivity contribution is -0.390. The highest BCUT2D eigenvalue weighted by atomic mass is 32.2. The van der Waals surface area contributed by atoms with Crippen molar-refractivity contribution in [3.63, 3.8) is 0 Å². The van der Waals surface area contributed by atoms with E-state index in [0.717, 1.165) is 18.2 Å². The molecule has 0 aliphatic rings. The molecule has 7 heteroatoms. The van der Waals surface area contributed by atoms with E-state index in [1.807, 2.05) is 0 Å². The molecule has 0 N–H and O–H groups in total. The summed E-state index contributed by atoms with van der Waals surface area (Å²) in [6, 6.07) is 3.01. The summed E-state index contributed by atoms with van der Waals surface area (Å²) in [6.45, 7) is 1.34. The Labute approximate surface area is 85.6 Å². The van der Waals surface area contributed by atoms with E-state index < -0.39 is 31.2 Å². The molecular weight excluding hydrogens is 225 g/mol. The number of rotatable bonds is 3. The fourth-order valence-electron chi connectivity index (χ4n) is 1.08. The molecule has 0 aliphatic heterocycles. The highest BCUT2D eigenvalue weighted by Crippen LogP contribution is 2.27. The summed E-state index contributed by atoms with van der Waals surface area (Å²) in [5.41, 5.74) is -0.987. The van der Waals surface area contributed by atoms with Crippen LogP contribution in [0, 0.1) is 15.9 Å². The fraction of sp³-hybridized carbons (Fsp3) is 0.250. The standard InChI is InChI=1S/C8H8FNO4S/c1-2-15(13,14)7-5-3-4-6(9)8(7)10(11)12/h3-5H,2H2,1H3. The van der Waals surface area contributed by atoms with E-state index in [1.165, 1.54) is 6.92 Å². The number of nitrogens with zero attached hydrogens (tertiary/aromatic N) is 1. The minimum atomic E-state index is -3.78. The molecule has 0 atom stereocenters. The maximum absolute atomic E-state index is 13.1. The summed E-state index contributed by atoms with van der Waals surface area (Å²) in [4.78, 5) is 8.90. The Kier molecular flexibility index (Phi) is 3.04. The van der Waals surface area contributed by atoms with E-state index in [0.29, 0.717) is 0 Å². The van der Waals surface area contributed by atoms with Gasteiger partial charge < -0.3 is 0 Å². The molecule has 0 saturated carbocycles. The van der Waals surface area contributed by atoms with Crippen molar-refractivity contribution >= 4 is 15.5 Å². The minimum absolute atomic E-state index is 0.308. The number of sulfone groups is 1. The molecule has 0 unspecified atom stereocenters. The molecule has 5 nitrogen and oxygen atoms in total. The average Bonchev–Trinajstić information content (AvgIpc) is 2.16. The van der Waals surface area contributed by atoms with Crippen molar-refractivity contribution in [1.29, 1.82) is 0 Å². The molecule has 0 bridgehead atoms. The van der Waals surface area contributed by atoms with Crippen molar-refractivity contribution in [2.75, 3.05) is 5.75 Å². The molecule has 82 valence electrons. The van der Waals surface area contributed by atoms with Crippen LogP contribution < -0.4 is 0 Å². The van der Waals surface area contributed by atoms with Crippen LogP contribution in [0.2, 0.25) is 0 Å². The number of nitro benzene ring substituents is 1. The summed E-state index contributed by atoms with van der Waals surface area (Å²) in [6.07, 6.45) is 0. The molecule has 1 aromatic carbocycles. The molecule has 0 saturated heterocycles. The van der Waals surface area contributed by atoms with Crippen LogP contribution in [0.15, 0.2) is 23.1 Å². The van der Waals surface area contributed by atoms with E-state index in [4.69, 9.17) is 0 Å². The minimum Gasteiger partial charge on any atom is -0.258 e. The van der Waals surface area contributed by atoms with Gasteiger partial charge in [-0.15, -0.1) is 0 Å². The quantitative estimate of drug-likeness (QED) is 0.585. The average molecular weight is 233 g/mol. The third-order valence-electron chi connectivity index (χ3n) is 1.85. The Bertz CT molecular complexity index is 497. The Morgan fingerprint density at radius 1 is 1.47 bits per heavy atom. The van der Waals surface area contributed by atoms with Crippen LogP contribution in [0.25, 0.3) is 0 Å². The van der Waals surface area contributed by atoms with Crippen molar-refractivity contribution in [3.8, 4) is 0 Å². The van der Waals surface area contributed by atoms with Crippen molar-refractivity contribution in [2.45, 2.75) is 11.8 Å². The van der Waals surface area contributed by atoms with Crippen LogP contribution in [0.5, 0.6) is 0 Å². The third-order valence-corrected chi connectivity index (χ3v) is 3.61. The van der Waals surface area contributed by atoms with Crippen LogP contribution in [0.1, 0.15) is 6.92 Å². The number of hydrogen-bond donors (Lipinski definition) is 0. The van der Waals surface area contributed by atoms with Gasteiger partial charge in [-0.05, 0) is 12.1 Å². The first-order chi connectivity index (χ1) is 6.90. The van der Waals surface area contributed by atoms with Gasteiger partial charge in [-0.1, -0.05) is 13.0 Å². The highest BCUT2D eigenvalue weighted by molar-refractivity contribution is 7.91. The predicted octanol–water partition coefficient (Wildman–Crippen LogP) is 1.53. The molecule has 1 rings (SSSR count). The van der Waals surface area contributed by atoms with Crippen LogP contribution >= 0.6 is 0 Å². The molecular formula is C8H8FNO4S. The molecule has 0 fully saturated rings. The van der Waals surface area contributed by atoms with Gasteiger partial charge in [-0.2, -0.15) is 4.39 Å². The van der Waals surface area contributed by atoms with Crippen LogP contribution in [0.4, 0.5) is 10.1 Å². The molecule has 0 amide bonds. The smallest absolute Gasteiger partial charge is 0.258 e. The lowest BCUT2D eigenvalue weighted by Crippen LogP contribution is -2.08. The second kappa shape index (κ2) is 3.93. The highest BCUT2D eigenvalue weighted by Gasteiger charge is 2.27. The summed E-state index contributed by atoms with van der Waals surface area (Å²) in [5.74, 6) is -1.45. The lowest BCUT2D eigenvalue weighted by atomic mass is 10.3. The van der Waals surface area contributed by atoms with Gasteiger partial charge in [0.1, 0.15) is 4.90 Å². The van der Waals surface area contributed by atoms with Gasteiger partial charge >= 0.3 is 5.69 Å². The molecule has 0 radical (unpaired) electrons. The second-order valence-corrected chi connectivity index (χ2v) is 4.99. The van der Waals surface area contributed by atoms with E-state index in [2.05, 4.69) is 0 Å². The van der Waals surface area contributed by atoms with E-state index >= 15 is 0 Å². The first-order valence-electron chi connectivity index (χ1n) is 4.05. The Morgan fingerprint density at radius 2 is 2.07 bits per heavy atom. The molecule has 15 heavy (non-hydrogen) atoms. The van der Waals surface area contributed by atoms with Gasteiger partial charge in [0, 0.05) is 0 Å². The van der Waals surface area contributed by atoms with Gasteiger partial charge in [0.25, 0.3) is 0 Å². The van der Waals surface area contributed by atoms with Crippen LogP contribution in [-0.2, 0) is 9.84 Å². The zero-order valence-electron chi connectivity index (χ0n) is 7.81. The number of hydrogen-bond acceptors (Lipinski definition) is 4. The lowest BCUT2D eigenvalue weighted by Gasteiger charge is -2.02. The maximum atomic E-state index is 13.1. The summed E-state index contributed by atoms with van der Waals surface area (Å²) in [7, 11) is -3.78. The van der Waals surface area contributed by atoms with Crippen molar-refractivity contribution in [2.24, 2.45) is 0 Å². The molecule has 1 aromatic rings. The summed E-state index contributed by atoms with van der Waals surface area (Å²) in [5, 5.41) is 10.5. The summed E-state index contributed by atoms with van der Waals surface area (Å²) < 4.78 is 35.9. The van der Waals surface area contributed by atoms with Gasteiger partial charge in [0.05, 0.1) is 10.7 Å². The van der Waals surface area contributed by atoms with Crippen LogP contribution in [0.3, 0.4) is 0 Å². The Morgan fingerprint density at radius 3 is 2.53 bits per heavy atom. The topological polar surface area (TPSA) is 77.3 Å². The van der Waals surface area contributed by atoms with Gasteiger partial charge in [0.2, 0.25) is 5.82 Å². The van der Waals surface area contributed by atoms with E-state index in [9.17, 15) is 22.9 Å². The number of para-hydroxylation sites is 1. The number of nitro groups is 1. The zero-order chi connectivity index (χ0) is 11.6. The molecule has 0 heterocycles. The van der Waals surface area contributed by atoms with E-state index in [-0.39, 0.29) is 5.75 Å². The SMILES string of the molecule is CCS(=O)(=O)c1cccc(F)c1[N+](=O)[O-]. The number of benzene rings is 1. The van der Waals surface area contributed by atoms with Crippen LogP contribution in [-0.4, -0.2) is 19.1 Å². The zero-order valence-corrected chi connectivity index (χ0v) is 8.62. The summed E-state index contributed by atoms with van der Waals surface area (Å²) >= 11 is 0. The normalized spacial score (nSPS) is 11.3. The molecule has 0 aliphatic carbocycles. The van der Waals surface area contributed by atoms with Gasteiger partial charge in [0.15, 0.2) is 9.84 Å². The fourth-order valence-corrected chi connectivity index (χ4v) is 2.14. The van der Waals surface area contributed by atoms with Crippen molar-refractivity contribution in [1.82, 2.24) is 0 Å². The predicted molar refractivity (Wildman–Crippen MR) is 50.8 cm³/mol. The first-order valence-corrected chi connectivity index (χ1v) is 5.71. The maximum Gasteiger partial charge on any atom is 0.323 e. The Hall–Kier alpha value is -1.50. The number of halogens is 1. The third kappa shape index (κ3) is 2.12. The largest absolute Gasteiger partial charge is 0.323 e. The van der Waals surface area contributed by atoms with Crippen molar-refractivity contribution in [3.05, 3.63) is 34.1 Å². The van der Waals surface area contributed by atoms with Gasteiger partial charge in [-0.3, -0.25) is 10.1 Å². The second-order valence-electron chi connectivity index (χ2n) is 2.75. The first kappa shape index (κ1) is 11.6. The molecule has 0 spiro atoms. The molecule has 0 aromatic heterocycles. The van der Waals surface area contributed by atoms with E-state index in [1.54, 1.807) is 0 Å². The monoisotopic (exact) mass is 233 g/mol. The van der Waals surface area contributed by atoms with Gasteiger partial charge in [-0.25, -0.2) is 8.42 Å². The van der Waals surface area contributed by atoms with Crippen molar-refractivity contribution < 1.29 is 17.7 Å². The Balaban J connectivity index is 3.57.